The molecule has 0 unspecified atom stereocenters. The summed E-state index contributed by atoms with van der Waals surface area (Å²) < 4.78 is 33.8. The zero-order valence-electron chi connectivity index (χ0n) is 16.3. The van der Waals surface area contributed by atoms with E-state index in [1.807, 2.05) is 13.0 Å². The Hall–Kier alpha value is -1.93. The average molecular weight is 434 g/mol. The number of hydrogen-bond acceptors (Lipinski definition) is 5. The van der Waals surface area contributed by atoms with Gasteiger partial charge in [-0.05, 0) is 50.6 Å². The molecule has 1 aliphatic rings. The molecular weight excluding hydrogens is 410 g/mol. The molecule has 1 aliphatic heterocycles. The SMILES string of the molecule is Cc1cc2c(cc(CCCN3CCOCC3)n2S(=O)(=O)c2ccccc2)c(Cl)n1. The molecule has 0 bridgehead atoms. The van der Waals surface area contributed by atoms with Crippen LogP contribution in [0.5, 0.6) is 0 Å². The zero-order chi connectivity index (χ0) is 20.4. The van der Waals surface area contributed by atoms with Gasteiger partial charge in [0.05, 0.1) is 23.6 Å². The van der Waals surface area contributed by atoms with Crippen LogP contribution in [0.4, 0.5) is 0 Å². The van der Waals surface area contributed by atoms with Gasteiger partial charge in [-0.2, -0.15) is 0 Å². The lowest BCUT2D eigenvalue weighted by Gasteiger charge is -2.26. The minimum absolute atomic E-state index is 0.262. The maximum atomic E-state index is 13.5. The van der Waals surface area contributed by atoms with Crippen LogP contribution in [-0.2, 0) is 21.2 Å². The third-order valence-electron chi connectivity index (χ3n) is 5.20. The van der Waals surface area contributed by atoms with Crippen LogP contribution in [0.3, 0.4) is 0 Å². The van der Waals surface area contributed by atoms with Crippen molar-refractivity contribution in [2.75, 3.05) is 32.8 Å². The summed E-state index contributed by atoms with van der Waals surface area (Å²) in [5.74, 6) is 0. The van der Waals surface area contributed by atoms with Crippen molar-refractivity contribution in [1.29, 1.82) is 0 Å². The van der Waals surface area contributed by atoms with Gasteiger partial charge in [-0.15, -0.1) is 0 Å². The van der Waals surface area contributed by atoms with Crippen LogP contribution in [0.15, 0.2) is 47.4 Å². The second-order valence-corrected chi connectivity index (χ2v) is 9.41. The molecule has 2 aromatic heterocycles. The molecule has 8 heteroatoms. The maximum absolute atomic E-state index is 13.5. The number of pyridine rings is 1. The van der Waals surface area contributed by atoms with Gasteiger partial charge in [-0.3, -0.25) is 4.90 Å². The number of aromatic nitrogens is 2. The Morgan fingerprint density at radius 2 is 1.86 bits per heavy atom. The van der Waals surface area contributed by atoms with Gasteiger partial charge >= 0.3 is 0 Å². The van der Waals surface area contributed by atoms with Crippen molar-refractivity contribution < 1.29 is 13.2 Å². The highest BCUT2D eigenvalue weighted by molar-refractivity contribution is 7.90. The van der Waals surface area contributed by atoms with Gasteiger partial charge in [0.2, 0.25) is 0 Å². The maximum Gasteiger partial charge on any atom is 0.268 e. The number of ether oxygens (including phenoxy) is 1. The highest BCUT2D eigenvalue weighted by atomic mass is 35.5. The smallest absolute Gasteiger partial charge is 0.268 e. The summed E-state index contributed by atoms with van der Waals surface area (Å²) in [5.41, 5.74) is 1.99. The lowest BCUT2D eigenvalue weighted by atomic mass is 10.2. The average Bonchev–Trinajstić information content (AvgIpc) is 3.09. The molecule has 1 fully saturated rings. The third-order valence-corrected chi connectivity index (χ3v) is 7.27. The first kappa shape index (κ1) is 20.3. The first-order valence-corrected chi connectivity index (χ1v) is 11.6. The largest absolute Gasteiger partial charge is 0.379 e. The summed E-state index contributed by atoms with van der Waals surface area (Å²) in [6, 6.07) is 12.2. The Kier molecular flexibility index (Phi) is 5.92. The highest BCUT2D eigenvalue weighted by Crippen LogP contribution is 2.30. The van der Waals surface area contributed by atoms with Crippen molar-refractivity contribution in [2.24, 2.45) is 0 Å². The summed E-state index contributed by atoms with van der Waals surface area (Å²) in [6.07, 6.45) is 1.48. The highest BCUT2D eigenvalue weighted by Gasteiger charge is 2.24. The van der Waals surface area contributed by atoms with Crippen LogP contribution in [0.25, 0.3) is 10.9 Å². The number of benzene rings is 1. The minimum atomic E-state index is -3.75. The van der Waals surface area contributed by atoms with E-state index in [2.05, 4.69) is 9.88 Å². The number of nitrogens with zero attached hydrogens (tertiary/aromatic N) is 3. The topological polar surface area (TPSA) is 64.4 Å². The third kappa shape index (κ3) is 4.19. The van der Waals surface area contributed by atoms with Gasteiger partial charge in [0, 0.05) is 29.9 Å². The fourth-order valence-electron chi connectivity index (χ4n) is 3.77. The van der Waals surface area contributed by atoms with E-state index in [1.54, 1.807) is 36.4 Å². The molecule has 3 aromatic rings. The van der Waals surface area contributed by atoms with Crippen LogP contribution in [0.2, 0.25) is 5.15 Å². The molecular formula is C21H24ClN3O3S. The van der Waals surface area contributed by atoms with Gasteiger partial charge in [0.25, 0.3) is 10.0 Å². The molecule has 0 aliphatic carbocycles. The Labute approximate surface area is 176 Å². The van der Waals surface area contributed by atoms with Gasteiger partial charge in [-0.25, -0.2) is 17.4 Å². The summed E-state index contributed by atoms with van der Waals surface area (Å²) in [4.78, 5) is 6.91. The molecule has 0 N–H and O–H groups in total. The summed E-state index contributed by atoms with van der Waals surface area (Å²) in [6.45, 7) is 6.06. The Morgan fingerprint density at radius 3 is 2.59 bits per heavy atom. The summed E-state index contributed by atoms with van der Waals surface area (Å²) in [5, 5.41) is 0.995. The molecule has 29 heavy (non-hydrogen) atoms. The van der Waals surface area contributed by atoms with Gasteiger partial charge < -0.3 is 4.74 Å². The quantitative estimate of drug-likeness (QED) is 0.557. The van der Waals surface area contributed by atoms with Crippen LogP contribution in [0.1, 0.15) is 17.8 Å². The van der Waals surface area contributed by atoms with Gasteiger partial charge in [0.15, 0.2) is 0 Å². The molecule has 6 nitrogen and oxygen atoms in total. The van der Waals surface area contributed by atoms with E-state index in [0.717, 1.165) is 45.0 Å². The van der Waals surface area contributed by atoms with E-state index >= 15 is 0 Å². The number of halogens is 1. The molecule has 0 spiro atoms. The number of fused-ring (bicyclic) bond motifs is 1. The van der Waals surface area contributed by atoms with E-state index in [0.29, 0.717) is 28.2 Å². The zero-order valence-corrected chi connectivity index (χ0v) is 17.9. The predicted molar refractivity (Wildman–Crippen MR) is 114 cm³/mol. The minimum Gasteiger partial charge on any atom is -0.379 e. The second kappa shape index (κ2) is 8.44. The second-order valence-electron chi connectivity index (χ2n) is 7.26. The van der Waals surface area contributed by atoms with Crippen molar-refractivity contribution in [1.82, 2.24) is 13.9 Å². The van der Waals surface area contributed by atoms with Crippen molar-refractivity contribution in [2.45, 2.75) is 24.7 Å². The van der Waals surface area contributed by atoms with Crippen molar-refractivity contribution in [3.8, 4) is 0 Å². The fraction of sp³-hybridized carbons (Fsp3) is 0.381. The van der Waals surface area contributed by atoms with E-state index in [1.165, 1.54) is 3.97 Å². The van der Waals surface area contributed by atoms with E-state index in [9.17, 15) is 8.42 Å². The van der Waals surface area contributed by atoms with Crippen LogP contribution < -0.4 is 0 Å². The Bertz CT molecular complexity index is 1110. The molecule has 0 saturated carbocycles. The normalized spacial score (nSPS) is 15.8. The van der Waals surface area contributed by atoms with Gasteiger partial charge in [-0.1, -0.05) is 29.8 Å². The van der Waals surface area contributed by atoms with E-state index in [-0.39, 0.29) is 4.90 Å². The monoisotopic (exact) mass is 433 g/mol. The molecule has 0 amide bonds. The molecule has 3 heterocycles. The first-order chi connectivity index (χ1) is 14.0. The molecule has 1 saturated heterocycles. The molecule has 0 radical (unpaired) electrons. The van der Waals surface area contributed by atoms with E-state index < -0.39 is 10.0 Å². The van der Waals surface area contributed by atoms with Gasteiger partial charge in [0.1, 0.15) is 5.15 Å². The summed E-state index contributed by atoms with van der Waals surface area (Å²) in [7, 11) is -3.75. The Morgan fingerprint density at radius 1 is 1.14 bits per heavy atom. The number of aryl methyl sites for hydroxylation is 2. The first-order valence-electron chi connectivity index (χ1n) is 9.75. The van der Waals surface area contributed by atoms with Crippen LogP contribution in [0, 0.1) is 6.92 Å². The molecule has 4 rings (SSSR count). The van der Waals surface area contributed by atoms with Crippen molar-refractivity contribution in [3.05, 3.63) is 59.0 Å². The van der Waals surface area contributed by atoms with Crippen molar-refractivity contribution in [3.63, 3.8) is 0 Å². The van der Waals surface area contributed by atoms with Crippen LogP contribution in [-0.4, -0.2) is 55.1 Å². The van der Waals surface area contributed by atoms with Crippen molar-refractivity contribution >= 4 is 32.5 Å². The Balaban J connectivity index is 1.73. The molecule has 154 valence electrons. The van der Waals surface area contributed by atoms with Crippen LogP contribution >= 0.6 is 11.6 Å². The lowest BCUT2D eigenvalue weighted by molar-refractivity contribution is 0.0374. The van der Waals surface area contributed by atoms with E-state index in [4.69, 9.17) is 16.3 Å². The standard InChI is InChI=1S/C21H24ClN3O3S/c1-16-14-20-19(21(22)23-16)15-17(6-5-9-24-10-12-28-13-11-24)25(20)29(26,27)18-7-3-2-4-8-18/h2-4,7-8,14-15H,5-6,9-13H2,1H3. The lowest BCUT2D eigenvalue weighted by Crippen LogP contribution is -2.37. The molecule has 1 aromatic carbocycles. The number of rotatable bonds is 6. The molecule has 0 atom stereocenters. The fourth-order valence-corrected chi connectivity index (χ4v) is 5.63. The number of morpholine rings is 1. The summed E-state index contributed by atoms with van der Waals surface area (Å²) >= 11 is 6.36. The predicted octanol–water partition coefficient (Wildman–Crippen LogP) is 3.50. The number of hydrogen-bond donors (Lipinski definition) is 0.